The van der Waals surface area contributed by atoms with E-state index in [1.54, 1.807) is 0 Å². The van der Waals surface area contributed by atoms with Crippen molar-refractivity contribution in [3.8, 4) is 0 Å². The molecule has 0 saturated heterocycles. The second-order valence-corrected chi connectivity index (χ2v) is 5.39. The average molecular weight is 416 g/mol. The van der Waals surface area contributed by atoms with Gasteiger partial charge in [-0.15, -0.1) is 0 Å². The molecule has 0 fully saturated rings. The second kappa shape index (κ2) is 9.26. The number of hydrogen-bond donors (Lipinski definition) is 1. The zero-order chi connectivity index (χ0) is 21.5. The molecule has 1 N–H and O–H groups in total. The van der Waals surface area contributed by atoms with Gasteiger partial charge < -0.3 is 5.32 Å². The van der Waals surface area contributed by atoms with Gasteiger partial charge in [0.1, 0.15) is 17.7 Å². The SMILES string of the molecule is CN=C(N=CN=Cc1cccc(C(F)(F)F)n1)NC1=CCC(C(F)(F)F)=NC=C1. The van der Waals surface area contributed by atoms with Crippen LogP contribution in [0.3, 0.4) is 0 Å². The van der Waals surface area contributed by atoms with Gasteiger partial charge in [0.2, 0.25) is 5.96 Å². The molecular formula is C17H14F6N6. The first-order valence-corrected chi connectivity index (χ1v) is 7.94. The molecule has 2 heterocycles. The summed E-state index contributed by atoms with van der Waals surface area (Å²) in [5, 5.41) is 2.69. The Kier molecular flexibility index (Phi) is 7.02. The van der Waals surface area contributed by atoms with E-state index in [4.69, 9.17) is 0 Å². The molecule has 0 aliphatic carbocycles. The quantitative estimate of drug-likeness (QED) is 0.461. The molecule has 2 rings (SSSR count). The molecule has 1 aliphatic heterocycles. The number of aliphatic imine (C=N–C) groups is 4. The molecule has 154 valence electrons. The lowest BCUT2D eigenvalue weighted by atomic mass is 10.2. The molecule has 1 aromatic heterocycles. The van der Waals surface area contributed by atoms with Gasteiger partial charge in [0.25, 0.3) is 0 Å². The minimum absolute atomic E-state index is 0.0190. The van der Waals surface area contributed by atoms with E-state index >= 15 is 0 Å². The summed E-state index contributed by atoms with van der Waals surface area (Å²) < 4.78 is 75.8. The van der Waals surface area contributed by atoms with Crippen molar-refractivity contribution in [3.05, 3.63) is 53.6 Å². The fraction of sp³-hybridized carbons (Fsp3) is 0.235. The molecule has 0 saturated carbocycles. The number of nitrogens with one attached hydrogen (secondary N) is 1. The molecule has 0 unspecified atom stereocenters. The summed E-state index contributed by atoms with van der Waals surface area (Å²) in [6.07, 6.45) is -3.86. The van der Waals surface area contributed by atoms with Crippen molar-refractivity contribution in [2.75, 3.05) is 7.05 Å². The van der Waals surface area contributed by atoms with Gasteiger partial charge in [-0.05, 0) is 18.2 Å². The maximum Gasteiger partial charge on any atom is 0.433 e. The average Bonchev–Trinajstić information content (AvgIpc) is 2.89. The number of rotatable bonds is 3. The molecule has 29 heavy (non-hydrogen) atoms. The van der Waals surface area contributed by atoms with Gasteiger partial charge in [-0.2, -0.15) is 26.3 Å². The number of aromatic nitrogens is 1. The predicted molar refractivity (Wildman–Crippen MR) is 97.1 cm³/mol. The van der Waals surface area contributed by atoms with Crippen molar-refractivity contribution in [3.63, 3.8) is 0 Å². The number of hydrogen-bond acceptors (Lipinski definition) is 3. The zero-order valence-corrected chi connectivity index (χ0v) is 14.8. The van der Waals surface area contributed by atoms with E-state index in [2.05, 4.69) is 30.3 Å². The topological polar surface area (TPSA) is 74.4 Å². The van der Waals surface area contributed by atoms with Crippen LogP contribution in [-0.2, 0) is 6.18 Å². The Bertz CT molecular complexity index is 906. The lowest BCUT2D eigenvalue weighted by molar-refractivity contribution is -0.141. The third-order valence-corrected chi connectivity index (χ3v) is 3.31. The molecule has 0 atom stereocenters. The molecule has 1 aliphatic rings. The monoisotopic (exact) mass is 416 g/mol. The number of halogens is 6. The maximum atomic E-state index is 12.7. The van der Waals surface area contributed by atoms with Gasteiger partial charge in [-0.3, -0.25) is 9.98 Å². The second-order valence-electron chi connectivity index (χ2n) is 5.39. The smallest absolute Gasteiger partial charge is 0.325 e. The van der Waals surface area contributed by atoms with Gasteiger partial charge in [0.15, 0.2) is 0 Å². The van der Waals surface area contributed by atoms with Crippen molar-refractivity contribution >= 4 is 24.2 Å². The highest BCUT2D eigenvalue weighted by Gasteiger charge is 2.34. The van der Waals surface area contributed by atoms with Crippen molar-refractivity contribution in [2.45, 2.75) is 18.8 Å². The van der Waals surface area contributed by atoms with Crippen LogP contribution in [0.1, 0.15) is 17.8 Å². The summed E-state index contributed by atoms with van der Waals surface area (Å²) in [4.78, 5) is 18.1. The molecule has 6 nitrogen and oxygen atoms in total. The molecule has 0 bridgehead atoms. The number of guanidine groups is 1. The van der Waals surface area contributed by atoms with Crippen LogP contribution < -0.4 is 5.32 Å². The largest absolute Gasteiger partial charge is 0.433 e. The van der Waals surface area contributed by atoms with Crippen LogP contribution in [-0.4, -0.2) is 42.4 Å². The molecule has 1 aromatic rings. The standard InChI is InChI=1S/C17H14F6N6/c1-24-15(29-11-5-6-13(16(18,19)20)26-8-7-11)27-10-25-9-12-3-2-4-14(28-12)17(21,22)23/h2-5,7-10H,6H2,1H3,(H,24,29). The molecule has 0 amide bonds. The summed E-state index contributed by atoms with van der Waals surface area (Å²) >= 11 is 0. The minimum Gasteiger partial charge on any atom is -0.325 e. The number of allylic oxidation sites excluding steroid dienone is 2. The third kappa shape index (κ3) is 6.97. The van der Waals surface area contributed by atoms with Crippen LogP contribution in [0.25, 0.3) is 0 Å². The van der Waals surface area contributed by atoms with Crippen molar-refractivity contribution in [1.29, 1.82) is 0 Å². The normalized spacial score (nSPS) is 16.2. The van der Waals surface area contributed by atoms with E-state index < -0.39 is 30.2 Å². The van der Waals surface area contributed by atoms with Crippen LogP contribution in [0.2, 0.25) is 0 Å². The predicted octanol–water partition coefficient (Wildman–Crippen LogP) is 3.93. The summed E-state index contributed by atoms with van der Waals surface area (Å²) in [5.74, 6) is 0.0190. The van der Waals surface area contributed by atoms with E-state index in [9.17, 15) is 26.3 Å². The Balaban J connectivity index is 2.00. The minimum atomic E-state index is -4.57. The lowest BCUT2D eigenvalue weighted by Crippen LogP contribution is -2.23. The van der Waals surface area contributed by atoms with Crippen LogP contribution >= 0.6 is 0 Å². The molecule has 12 heteroatoms. The molecule has 0 aromatic carbocycles. The van der Waals surface area contributed by atoms with E-state index in [1.807, 2.05) is 0 Å². The molecule has 0 radical (unpaired) electrons. The first kappa shape index (κ1) is 22.0. The van der Waals surface area contributed by atoms with Gasteiger partial charge in [-0.1, -0.05) is 12.1 Å². The van der Waals surface area contributed by atoms with E-state index in [1.165, 1.54) is 31.3 Å². The van der Waals surface area contributed by atoms with Crippen molar-refractivity contribution < 1.29 is 26.3 Å². The highest BCUT2D eigenvalue weighted by Crippen LogP contribution is 2.27. The number of alkyl halides is 6. The first-order valence-electron chi connectivity index (χ1n) is 7.94. The number of pyridine rings is 1. The van der Waals surface area contributed by atoms with E-state index in [0.29, 0.717) is 0 Å². The lowest BCUT2D eigenvalue weighted by Gasteiger charge is -2.07. The first-order chi connectivity index (χ1) is 13.6. The van der Waals surface area contributed by atoms with E-state index in [0.717, 1.165) is 24.8 Å². The van der Waals surface area contributed by atoms with Crippen LogP contribution in [0.4, 0.5) is 26.3 Å². The highest BCUT2D eigenvalue weighted by atomic mass is 19.4. The maximum absolute atomic E-state index is 12.7. The molecule has 0 spiro atoms. The van der Waals surface area contributed by atoms with Crippen LogP contribution in [0, 0.1) is 0 Å². The third-order valence-electron chi connectivity index (χ3n) is 3.31. The Morgan fingerprint density at radius 3 is 2.55 bits per heavy atom. The van der Waals surface area contributed by atoms with Crippen molar-refractivity contribution in [2.24, 2.45) is 20.0 Å². The Morgan fingerprint density at radius 2 is 1.90 bits per heavy atom. The van der Waals surface area contributed by atoms with Gasteiger partial charge in [-0.25, -0.2) is 15.0 Å². The van der Waals surface area contributed by atoms with Crippen LogP contribution in [0.15, 0.2) is 62.2 Å². The Labute approximate surface area is 161 Å². The summed E-state index contributed by atoms with van der Waals surface area (Å²) in [6, 6.07) is 3.36. The van der Waals surface area contributed by atoms with E-state index in [-0.39, 0.29) is 17.4 Å². The summed E-state index contributed by atoms with van der Waals surface area (Å²) in [5.41, 5.74) is -1.74. The van der Waals surface area contributed by atoms with Gasteiger partial charge in [0.05, 0.1) is 11.9 Å². The Hall–Kier alpha value is -3.31. The Morgan fingerprint density at radius 1 is 1.14 bits per heavy atom. The number of nitrogens with zero attached hydrogens (tertiary/aromatic N) is 5. The van der Waals surface area contributed by atoms with Crippen LogP contribution in [0.5, 0.6) is 0 Å². The highest BCUT2D eigenvalue weighted by molar-refractivity contribution is 5.93. The summed E-state index contributed by atoms with van der Waals surface area (Å²) in [7, 11) is 1.39. The van der Waals surface area contributed by atoms with Gasteiger partial charge in [0, 0.05) is 25.4 Å². The zero-order valence-electron chi connectivity index (χ0n) is 14.8. The molecular weight excluding hydrogens is 402 g/mol. The summed E-state index contributed by atoms with van der Waals surface area (Å²) in [6.45, 7) is 0. The fourth-order valence-electron chi connectivity index (χ4n) is 1.97. The van der Waals surface area contributed by atoms with Gasteiger partial charge >= 0.3 is 12.4 Å². The van der Waals surface area contributed by atoms with Crippen molar-refractivity contribution in [1.82, 2.24) is 10.3 Å². The fourth-order valence-corrected chi connectivity index (χ4v) is 1.97.